The van der Waals surface area contributed by atoms with Gasteiger partial charge in [0.2, 0.25) is 0 Å². The lowest BCUT2D eigenvalue weighted by Gasteiger charge is -2.01. The molecule has 0 aliphatic carbocycles. The molecule has 8 heavy (non-hydrogen) atoms. The highest BCUT2D eigenvalue weighted by molar-refractivity contribution is 5.85. The number of hydrogen-bond donors (Lipinski definition) is 3. The number of hydrazine groups is 2. The summed E-state index contributed by atoms with van der Waals surface area (Å²) in [6.07, 6.45) is 0. The lowest BCUT2D eigenvalue weighted by molar-refractivity contribution is 0.456. The highest BCUT2D eigenvalue weighted by atomic mass is 35.5. The SMILES string of the molecule is CCNNNCC.Cl. The zero-order valence-corrected chi connectivity index (χ0v) is 6.14. The second-order valence-electron chi connectivity index (χ2n) is 1.19. The quantitative estimate of drug-likeness (QED) is 0.381. The van der Waals surface area contributed by atoms with Gasteiger partial charge in [0.25, 0.3) is 0 Å². The van der Waals surface area contributed by atoms with Gasteiger partial charge in [-0.2, -0.15) is 5.53 Å². The van der Waals surface area contributed by atoms with E-state index in [0.717, 1.165) is 13.1 Å². The molecule has 0 aromatic rings. The Balaban J connectivity index is 0. The van der Waals surface area contributed by atoms with Gasteiger partial charge in [0.15, 0.2) is 0 Å². The first-order valence-corrected chi connectivity index (χ1v) is 2.62. The fraction of sp³-hybridized carbons (Fsp3) is 1.00. The maximum Gasteiger partial charge on any atom is 0.00846 e. The number of hydrogen-bond acceptors (Lipinski definition) is 3. The smallest absolute Gasteiger partial charge is 0.00846 e. The molecule has 0 saturated heterocycles. The van der Waals surface area contributed by atoms with Crippen LogP contribution in [0.2, 0.25) is 0 Å². The van der Waals surface area contributed by atoms with Crippen molar-refractivity contribution in [3.8, 4) is 0 Å². The topological polar surface area (TPSA) is 36.1 Å². The number of halogens is 1. The lowest BCUT2D eigenvalue weighted by atomic mass is 10.8. The highest BCUT2D eigenvalue weighted by Crippen LogP contribution is 1.42. The van der Waals surface area contributed by atoms with Crippen LogP contribution < -0.4 is 16.4 Å². The average molecular weight is 140 g/mol. The maximum atomic E-state index is 2.89. The van der Waals surface area contributed by atoms with E-state index < -0.39 is 0 Å². The number of nitrogens with one attached hydrogen (secondary N) is 3. The Kier molecular flexibility index (Phi) is 14.1. The molecule has 0 bridgehead atoms. The predicted molar refractivity (Wildman–Crippen MR) is 37.7 cm³/mol. The minimum atomic E-state index is 0. The summed E-state index contributed by atoms with van der Waals surface area (Å²) in [5.74, 6) is 0. The van der Waals surface area contributed by atoms with Crippen molar-refractivity contribution in [3.63, 3.8) is 0 Å². The van der Waals surface area contributed by atoms with Crippen LogP contribution in [0.4, 0.5) is 0 Å². The molecule has 0 spiro atoms. The summed E-state index contributed by atoms with van der Waals surface area (Å²) in [6, 6.07) is 0. The number of rotatable bonds is 4. The van der Waals surface area contributed by atoms with E-state index in [0.29, 0.717) is 0 Å². The molecule has 0 heterocycles. The fourth-order valence-corrected chi connectivity index (χ4v) is 0.239. The summed E-state index contributed by atoms with van der Waals surface area (Å²) in [6.45, 7) is 5.94. The summed E-state index contributed by atoms with van der Waals surface area (Å²) in [7, 11) is 0. The zero-order valence-electron chi connectivity index (χ0n) is 5.32. The molecule has 0 rings (SSSR count). The largest absolute Gasteiger partial charge is 0.245 e. The minimum absolute atomic E-state index is 0. The molecular weight excluding hydrogens is 126 g/mol. The Morgan fingerprint density at radius 1 is 1.00 bits per heavy atom. The van der Waals surface area contributed by atoms with Gasteiger partial charge < -0.3 is 0 Å². The van der Waals surface area contributed by atoms with Gasteiger partial charge in [-0.1, -0.05) is 13.8 Å². The third-order valence-corrected chi connectivity index (χ3v) is 0.530. The monoisotopic (exact) mass is 139 g/mol. The Labute approximate surface area is 56.6 Å². The molecule has 0 saturated carbocycles. The first kappa shape index (κ1) is 11.0. The molecule has 0 fully saturated rings. The Morgan fingerprint density at radius 2 is 1.38 bits per heavy atom. The summed E-state index contributed by atoms with van der Waals surface area (Å²) < 4.78 is 0. The molecule has 0 aromatic carbocycles. The molecule has 3 nitrogen and oxygen atoms in total. The van der Waals surface area contributed by atoms with Crippen molar-refractivity contribution >= 4 is 12.4 Å². The first-order chi connectivity index (χ1) is 3.41. The van der Waals surface area contributed by atoms with E-state index in [9.17, 15) is 0 Å². The maximum absolute atomic E-state index is 2.89. The second-order valence-corrected chi connectivity index (χ2v) is 1.19. The van der Waals surface area contributed by atoms with Gasteiger partial charge in [0, 0.05) is 13.1 Å². The van der Waals surface area contributed by atoms with Gasteiger partial charge in [0.1, 0.15) is 0 Å². The van der Waals surface area contributed by atoms with E-state index >= 15 is 0 Å². The van der Waals surface area contributed by atoms with Crippen molar-refractivity contribution in [2.75, 3.05) is 13.1 Å². The van der Waals surface area contributed by atoms with E-state index in [-0.39, 0.29) is 12.4 Å². The van der Waals surface area contributed by atoms with Crippen molar-refractivity contribution < 1.29 is 0 Å². The predicted octanol–water partition coefficient (Wildman–Crippen LogP) is 0.0468. The van der Waals surface area contributed by atoms with Gasteiger partial charge in [-0.25, -0.2) is 10.9 Å². The van der Waals surface area contributed by atoms with Crippen LogP contribution >= 0.6 is 12.4 Å². The van der Waals surface area contributed by atoms with Crippen LogP contribution in [0.25, 0.3) is 0 Å². The van der Waals surface area contributed by atoms with Gasteiger partial charge in [-0.3, -0.25) is 0 Å². The zero-order chi connectivity index (χ0) is 5.54. The third kappa shape index (κ3) is 9.48. The van der Waals surface area contributed by atoms with Crippen LogP contribution in [0, 0.1) is 0 Å². The molecule has 3 N–H and O–H groups in total. The van der Waals surface area contributed by atoms with E-state index in [1.807, 2.05) is 13.8 Å². The first-order valence-electron chi connectivity index (χ1n) is 2.62. The van der Waals surface area contributed by atoms with Gasteiger partial charge in [0.05, 0.1) is 0 Å². The molecular formula is C4H14ClN3. The van der Waals surface area contributed by atoms with Crippen LogP contribution in [0.1, 0.15) is 13.8 Å². The standard InChI is InChI=1S/C4H13N3.ClH/c1-3-5-7-6-4-2;/h5-7H,3-4H2,1-2H3;1H. The summed E-state index contributed by atoms with van der Waals surface area (Å²) >= 11 is 0. The van der Waals surface area contributed by atoms with Crippen LogP contribution in [-0.4, -0.2) is 13.1 Å². The van der Waals surface area contributed by atoms with E-state index in [2.05, 4.69) is 16.4 Å². The highest BCUT2D eigenvalue weighted by Gasteiger charge is 1.71. The third-order valence-electron chi connectivity index (χ3n) is 0.530. The minimum Gasteiger partial charge on any atom is -0.245 e. The van der Waals surface area contributed by atoms with Crippen molar-refractivity contribution in [3.05, 3.63) is 0 Å². The second kappa shape index (κ2) is 10.2. The molecule has 0 aromatic heterocycles. The van der Waals surface area contributed by atoms with Crippen molar-refractivity contribution in [2.24, 2.45) is 0 Å². The molecule has 0 atom stereocenters. The normalized spacial score (nSPS) is 8.25. The Hall–Kier alpha value is 0.170. The van der Waals surface area contributed by atoms with Crippen molar-refractivity contribution in [1.29, 1.82) is 0 Å². The van der Waals surface area contributed by atoms with Crippen molar-refractivity contribution in [2.45, 2.75) is 13.8 Å². The van der Waals surface area contributed by atoms with E-state index in [4.69, 9.17) is 0 Å². The van der Waals surface area contributed by atoms with E-state index in [1.165, 1.54) is 0 Å². The van der Waals surface area contributed by atoms with Crippen LogP contribution in [0.3, 0.4) is 0 Å². The molecule has 0 radical (unpaired) electrons. The molecule has 4 heteroatoms. The molecule has 0 amide bonds. The van der Waals surface area contributed by atoms with Crippen LogP contribution in [-0.2, 0) is 0 Å². The molecule has 0 aliphatic rings. The lowest BCUT2D eigenvalue weighted by Crippen LogP contribution is -2.42. The Morgan fingerprint density at radius 3 is 1.62 bits per heavy atom. The van der Waals surface area contributed by atoms with Gasteiger partial charge >= 0.3 is 0 Å². The van der Waals surface area contributed by atoms with Gasteiger partial charge in [-0.05, 0) is 0 Å². The van der Waals surface area contributed by atoms with Crippen LogP contribution in [0.5, 0.6) is 0 Å². The molecule has 0 unspecified atom stereocenters. The van der Waals surface area contributed by atoms with E-state index in [1.54, 1.807) is 0 Å². The average Bonchev–Trinajstić information content (AvgIpc) is 1.69. The summed E-state index contributed by atoms with van der Waals surface area (Å²) in [4.78, 5) is 0. The summed E-state index contributed by atoms with van der Waals surface area (Å²) in [5, 5.41) is 0. The van der Waals surface area contributed by atoms with Crippen LogP contribution in [0.15, 0.2) is 0 Å². The summed E-state index contributed by atoms with van der Waals surface area (Å²) in [5.41, 5.74) is 8.56. The molecule has 0 aliphatic heterocycles. The molecule has 52 valence electrons. The fourth-order valence-electron chi connectivity index (χ4n) is 0.239. The van der Waals surface area contributed by atoms with Gasteiger partial charge in [-0.15, -0.1) is 12.4 Å². The Bertz CT molecular complexity index is 30.5. The van der Waals surface area contributed by atoms with Crippen molar-refractivity contribution in [1.82, 2.24) is 16.4 Å².